The molecule has 2 N–H and O–H groups in total. The molecule has 1 atom stereocenters. The summed E-state index contributed by atoms with van der Waals surface area (Å²) in [4.78, 5) is 1.13. The van der Waals surface area contributed by atoms with Gasteiger partial charge >= 0.3 is 0 Å². The number of rotatable bonds is 6. The van der Waals surface area contributed by atoms with Gasteiger partial charge < -0.3 is 10.4 Å². The third-order valence-corrected chi connectivity index (χ3v) is 3.86. The van der Waals surface area contributed by atoms with Gasteiger partial charge in [0.1, 0.15) is 6.07 Å². The van der Waals surface area contributed by atoms with Crippen molar-refractivity contribution in [1.82, 2.24) is 5.32 Å². The van der Waals surface area contributed by atoms with E-state index in [0.717, 1.165) is 4.88 Å². The van der Waals surface area contributed by atoms with Crippen LogP contribution in [-0.2, 0) is 6.54 Å². The second-order valence-electron chi connectivity index (χ2n) is 4.27. The van der Waals surface area contributed by atoms with Gasteiger partial charge in [0.05, 0.1) is 5.56 Å². The number of hydrogen-bond donors (Lipinski definition) is 2. The number of aliphatic hydroxyl groups excluding tert-OH is 1. The van der Waals surface area contributed by atoms with Crippen LogP contribution >= 0.6 is 11.3 Å². The van der Waals surface area contributed by atoms with Crippen molar-refractivity contribution in [3.63, 3.8) is 0 Å². The fourth-order valence-corrected chi connectivity index (χ4v) is 2.72. The first-order valence-corrected chi connectivity index (χ1v) is 7.08. The molecule has 0 aliphatic rings. The van der Waals surface area contributed by atoms with Gasteiger partial charge in [0.25, 0.3) is 0 Å². The largest absolute Gasteiger partial charge is 0.396 e. The Balaban J connectivity index is 1.99. The Hall–Kier alpha value is -1.67. The van der Waals surface area contributed by atoms with Gasteiger partial charge in [-0.25, -0.2) is 0 Å². The lowest BCUT2D eigenvalue weighted by Crippen LogP contribution is -2.21. The minimum Gasteiger partial charge on any atom is -0.396 e. The molecule has 4 heteroatoms. The van der Waals surface area contributed by atoms with E-state index in [1.165, 1.54) is 5.56 Å². The number of nitriles is 1. The van der Waals surface area contributed by atoms with Crippen molar-refractivity contribution in [2.75, 3.05) is 6.61 Å². The van der Waals surface area contributed by atoms with Crippen LogP contribution in [0.2, 0.25) is 0 Å². The quantitative estimate of drug-likeness (QED) is 0.850. The van der Waals surface area contributed by atoms with E-state index in [9.17, 15) is 0 Å². The Bertz CT molecular complexity index is 545. The molecule has 0 aliphatic carbocycles. The molecular formula is C15H16N2OS. The Morgan fingerprint density at radius 3 is 2.74 bits per heavy atom. The highest BCUT2D eigenvalue weighted by atomic mass is 32.1. The molecule has 0 unspecified atom stereocenters. The number of nitrogens with zero attached hydrogens (tertiary/aromatic N) is 1. The van der Waals surface area contributed by atoms with Crippen LogP contribution in [0.15, 0.2) is 41.8 Å². The summed E-state index contributed by atoms with van der Waals surface area (Å²) in [6.07, 6.45) is 0.681. The predicted molar refractivity (Wildman–Crippen MR) is 76.8 cm³/mol. The molecule has 1 aromatic carbocycles. The molecule has 0 amide bonds. The lowest BCUT2D eigenvalue weighted by atomic mass is 10.0. The topological polar surface area (TPSA) is 56.0 Å². The van der Waals surface area contributed by atoms with E-state index in [-0.39, 0.29) is 12.6 Å². The standard InChI is InChI=1S/C15H16N2OS/c16-9-12-8-14(19-11-12)10-17-15(6-7-18)13-4-2-1-3-5-13/h1-5,8,11,15,17-18H,6-7,10H2/t15-/m1/s1. The van der Waals surface area contributed by atoms with Gasteiger partial charge in [-0.15, -0.1) is 11.3 Å². The smallest absolute Gasteiger partial charge is 0.100 e. The lowest BCUT2D eigenvalue weighted by Gasteiger charge is -2.17. The van der Waals surface area contributed by atoms with Crippen molar-refractivity contribution in [3.8, 4) is 6.07 Å². The molecule has 0 bridgehead atoms. The SMILES string of the molecule is N#Cc1csc(CN[C@H](CCO)c2ccccc2)c1. The van der Waals surface area contributed by atoms with Crippen molar-refractivity contribution in [1.29, 1.82) is 5.26 Å². The van der Waals surface area contributed by atoms with Crippen molar-refractivity contribution in [2.45, 2.75) is 19.0 Å². The first-order valence-electron chi connectivity index (χ1n) is 6.20. The van der Waals surface area contributed by atoms with E-state index in [4.69, 9.17) is 10.4 Å². The van der Waals surface area contributed by atoms with Crippen LogP contribution < -0.4 is 5.32 Å². The zero-order valence-corrected chi connectivity index (χ0v) is 11.4. The Kier molecular flexibility index (Phi) is 5.10. The zero-order chi connectivity index (χ0) is 13.5. The maximum absolute atomic E-state index is 9.16. The maximum Gasteiger partial charge on any atom is 0.100 e. The normalized spacial score (nSPS) is 12.0. The molecule has 98 valence electrons. The van der Waals surface area contributed by atoms with Crippen LogP contribution in [0.4, 0.5) is 0 Å². The van der Waals surface area contributed by atoms with E-state index in [2.05, 4.69) is 23.5 Å². The van der Waals surface area contributed by atoms with Crippen LogP contribution in [0, 0.1) is 11.3 Å². The molecule has 0 aliphatic heterocycles. The summed E-state index contributed by atoms with van der Waals surface area (Å²) in [5, 5.41) is 23.2. The van der Waals surface area contributed by atoms with Gasteiger partial charge in [-0.05, 0) is 18.1 Å². The fraction of sp³-hybridized carbons (Fsp3) is 0.267. The summed E-state index contributed by atoms with van der Waals surface area (Å²) >= 11 is 1.58. The second-order valence-corrected chi connectivity index (χ2v) is 5.27. The van der Waals surface area contributed by atoms with Crippen molar-refractivity contribution >= 4 is 11.3 Å². The highest BCUT2D eigenvalue weighted by molar-refractivity contribution is 7.10. The molecule has 0 radical (unpaired) electrons. The monoisotopic (exact) mass is 272 g/mol. The average Bonchev–Trinajstić information content (AvgIpc) is 2.92. The summed E-state index contributed by atoms with van der Waals surface area (Å²) in [5.41, 5.74) is 1.88. The molecule has 0 spiro atoms. The molecule has 2 aromatic rings. The van der Waals surface area contributed by atoms with Crippen molar-refractivity contribution < 1.29 is 5.11 Å². The Labute approximate surface area is 117 Å². The number of aliphatic hydroxyl groups is 1. The maximum atomic E-state index is 9.16. The number of benzene rings is 1. The number of hydrogen-bond acceptors (Lipinski definition) is 4. The first kappa shape index (κ1) is 13.8. The van der Waals surface area contributed by atoms with Gasteiger partial charge in [-0.2, -0.15) is 5.26 Å². The summed E-state index contributed by atoms with van der Waals surface area (Å²) in [7, 11) is 0. The third-order valence-electron chi connectivity index (χ3n) is 2.93. The van der Waals surface area contributed by atoms with E-state index in [1.807, 2.05) is 29.6 Å². The first-order chi connectivity index (χ1) is 9.33. The van der Waals surface area contributed by atoms with E-state index in [1.54, 1.807) is 11.3 Å². The van der Waals surface area contributed by atoms with Crippen LogP contribution in [0.3, 0.4) is 0 Å². The van der Waals surface area contributed by atoms with Crippen LogP contribution in [-0.4, -0.2) is 11.7 Å². The lowest BCUT2D eigenvalue weighted by molar-refractivity contribution is 0.265. The highest BCUT2D eigenvalue weighted by Crippen LogP contribution is 2.19. The summed E-state index contributed by atoms with van der Waals surface area (Å²) in [6.45, 7) is 0.867. The highest BCUT2D eigenvalue weighted by Gasteiger charge is 2.10. The van der Waals surface area contributed by atoms with Gasteiger partial charge in [-0.3, -0.25) is 0 Å². The van der Waals surface area contributed by atoms with Crippen molar-refractivity contribution in [3.05, 3.63) is 57.8 Å². The van der Waals surface area contributed by atoms with Crippen molar-refractivity contribution in [2.24, 2.45) is 0 Å². The van der Waals surface area contributed by atoms with Crippen LogP contribution in [0.1, 0.15) is 28.5 Å². The van der Waals surface area contributed by atoms with Gasteiger partial charge in [0, 0.05) is 29.5 Å². The molecule has 0 fully saturated rings. The van der Waals surface area contributed by atoms with Crippen LogP contribution in [0.25, 0.3) is 0 Å². The van der Waals surface area contributed by atoms with Crippen LogP contribution in [0.5, 0.6) is 0 Å². The fourth-order valence-electron chi connectivity index (χ4n) is 1.96. The molecule has 0 saturated carbocycles. The van der Waals surface area contributed by atoms with E-state index < -0.39 is 0 Å². The average molecular weight is 272 g/mol. The molecule has 1 aromatic heterocycles. The predicted octanol–water partition coefficient (Wildman–Crippen LogP) is 2.83. The zero-order valence-electron chi connectivity index (χ0n) is 10.5. The summed E-state index contributed by atoms with van der Waals surface area (Å²) in [5.74, 6) is 0. The Morgan fingerprint density at radius 1 is 1.32 bits per heavy atom. The summed E-state index contributed by atoms with van der Waals surface area (Å²) < 4.78 is 0. The minimum absolute atomic E-state index is 0.138. The molecular weight excluding hydrogens is 256 g/mol. The molecule has 0 saturated heterocycles. The van der Waals surface area contributed by atoms with Gasteiger partial charge in [-0.1, -0.05) is 30.3 Å². The number of thiophene rings is 1. The third kappa shape index (κ3) is 3.90. The van der Waals surface area contributed by atoms with E-state index >= 15 is 0 Å². The Morgan fingerprint density at radius 2 is 2.11 bits per heavy atom. The molecule has 1 heterocycles. The molecule has 2 rings (SSSR count). The second kappa shape index (κ2) is 7.05. The van der Waals surface area contributed by atoms with Gasteiger partial charge in [0.2, 0.25) is 0 Å². The number of nitrogens with one attached hydrogen (secondary N) is 1. The molecule has 3 nitrogen and oxygen atoms in total. The summed E-state index contributed by atoms with van der Waals surface area (Å²) in [6, 6.07) is 14.3. The van der Waals surface area contributed by atoms with E-state index in [0.29, 0.717) is 18.5 Å². The minimum atomic E-state index is 0.138. The van der Waals surface area contributed by atoms with Gasteiger partial charge in [0.15, 0.2) is 0 Å². The molecule has 19 heavy (non-hydrogen) atoms.